The second-order valence-electron chi connectivity index (χ2n) is 3.31. The average Bonchev–Trinajstić information content (AvgIpc) is 2.26. The van der Waals surface area contributed by atoms with Gasteiger partial charge in [-0.15, -0.1) is 0 Å². The molecule has 1 aromatic rings. The zero-order valence-corrected chi connectivity index (χ0v) is 11.3. The number of rotatable bonds is 2. The van der Waals surface area contributed by atoms with Crippen LogP contribution in [-0.4, -0.2) is 26.5 Å². The molecule has 0 saturated carbocycles. The molecule has 0 bridgehead atoms. The van der Waals surface area contributed by atoms with Crippen molar-refractivity contribution in [1.29, 1.82) is 0 Å². The van der Waals surface area contributed by atoms with E-state index in [0.29, 0.717) is 0 Å². The standard InChI is InChI=1S/C9H9ClN4O5S/c10-5-3-1-2-4-6(5)20(18,19)14-9(17)13-8(16)12-7(11)15/h1-4H,(H5,11,12,13,14,15,16,17). The normalized spacial score (nSPS) is 10.4. The molecule has 108 valence electrons. The number of hydrogen-bond acceptors (Lipinski definition) is 5. The first-order valence-electron chi connectivity index (χ1n) is 4.91. The number of nitrogens with one attached hydrogen (secondary N) is 3. The van der Waals surface area contributed by atoms with Gasteiger partial charge in [-0.3, -0.25) is 10.6 Å². The van der Waals surface area contributed by atoms with Gasteiger partial charge >= 0.3 is 18.1 Å². The molecular formula is C9H9ClN4O5S. The molecule has 1 aromatic carbocycles. The average molecular weight is 321 g/mol. The maximum Gasteiger partial charge on any atom is 0.336 e. The van der Waals surface area contributed by atoms with Gasteiger partial charge in [-0.05, 0) is 12.1 Å². The summed E-state index contributed by atoms with van der Waals surface area (Å²) in [6.07, 6.45) is 0. The molecule has 6 amide bonds. The Kier molecular flexibility index (Phi) is 4.88. The van der Waals surface area contributed by atoms with Gasteiger partial charge in [0.15, 0.2) is 0 Å². The fourth-order valence-corrected chi connectivity index (χ4v) is 2.54. The third kappa shape index (κ3) is 4.40. The highest BCUT2D eigenvalue weighted by atomic mass is 35.5. The SMILES string of the molecule is NC(=O)NC(=O)NC(=O)NS(=O)(=O)c1ccccc1Cl. The van der Waals surface area contributed by atoms with Gasteiger partial charge in [-0.1, -0.05) is 23.7 Å². The Hall–Kier alpha value is -2.33. The zero-order chi connectivity index (χ0) is 15.3. The highest BCUT2D eigenvalue weighted by Crippen LogP contribution is 2.19. The van der Waals surface area contributed by atoms with E-state index in [1.807, 2.05) is 0 Å². The molecule has 20 heavy (non-hydrogen) atoms. The predicted molar refractivity (Wildman–Crippen MR) is 68.4 cm³/mol. The Labute approximate surface area is 118 Å². The molecular weight excluding hydrogens is 312 g/mol. The molecule has 9 nitrogen and oxygen atoms in total. The van der Waals surface area contributed by atoms with E-state index in [9.17, 15) is 22.8 Å². The maximum atomic E-state index is 11.8. The van der Waals surface area contributed by atoms with Gasteiger partial charge in [0.1, 0.15) is 4.90 Å². The number of primary amides is 1. The molecule has 0 aromatic heterocycles. The van der Waals surface area contributed by atoms with E-state index >= 15 is 0 Å². The smallest absolute Gasteiger partial charge is 0.336 e. The van der Waals surface area contributed by atoms with Crippen LogP contribution in [0.15, 0.2) is 29.2 Å². The van der Waals surface area contributed by atoms with Crippen molar-refractivity contribution in [3.8, 4) is 0 Å². The highest BCUT2D eigenvalue weighted by Gasteiger charge is 2.21. The van der Waals surface area contributed by atoms with E-state index in [0.717, 1.165) is 0 Å². The van der Waals surface area contributed by atoms with Crippen molar-refractivity contribution in [3.05, 3.63) is 29.3 Å². The monoisotopic (exact) mass is 320 g/mol. The van der Waals surface area contributed by atoms with Gasteiger partial charge in [0, 0.05) is 0 Å². The molecule has 0 aliphatic carbocycles. The molecule has 0 aliphatic heterocycles. The number of nitrogens with two attached hydrogens (primary N) is 1. The summed E-state index contributed by atoms with van der Waals surface area (Å²) in [6, 6.07) is 1.53. The van der Waals surface area contributed by atoms with Crippen molar-refractivity contribution < 1.29 is 22.8 Å². The Morgan fingerprint density at radius 2 is 1.65 bits per heavy atom. The number of hydrogen-bond donors (Lipinski definition) is 4. The maximum absolute atomic E-state index is 11.8. The Balaban J connectivity index is 2.77. The molecule has 0 fully saturated rings. The largest absolute Gasteiger partial charge is 0.351 e. The lowest BCUT2D eigenvalue weighted by atomic mass is 10.4. The van der Waals surface area contributed by atoms with Gasteiger partial charge in [-0.25, -0.2) is 27.5 Å². The van der Waals surface area contributed by atoms with Gasteiger partial charge in [0.25, 0.3) is 10.0 Å². The lowest BCUT2D eigenvalue weighted by Crippen LogP contribution is -2.49. The van der Waals surface area contributed by atoms with Gasteiger partial charge in [-0.2, -0.15) is 0 Å². The van der Waals surface area contributed by atoms with Gasteiger partial charge in [0.05, 0.1) is 5.02 Å². The Morgan fingerprint density at radius 3 is 2.20 bits per heavy atom. The number of halogens is 1. The molecule has 0 saturated heterocycles. The molecule has 0 unspecified atom stereocenters. The number of urea groups is 3. The number of benzene rings is 1. The first-order valence-corrected chi connectivity index (χ1v) is 6.77. The number of carbonyl (C=O) groups is 3. The minimum atomic E-state index is -4.25. The predicted octanol–water partition coefficient (Wildman–Crippen LogP) is 0.116. The molecule has 0 heterocycles. The van der Waals surface area contributed by atoms with E-state index in [1.165, 1.54) is 34.9 Å². The van der Waals surface area contributed by atoms with Crippen molar-refractivity contribution >= 4 is 39.7 Å². The van der Waals surface area contributed by atoms with Crippen LogP contribution in [0.2, 0.25) is 5.02 Å². The summed E-state index contributed by atoms with van der Waals surface area (Å²) in [6.45, 7) is 0. The Bertz CT molecular complexity index is 660. The molecule has 5 N–H and O–H groups in total. The minimum absolute atomic E-state index is 0.102. The van der Waals surface area contributed by atoms with Crippen LogP contribution in [0.5, 0.6) is 0 Å². The van der Waals surface area contributed by atoms with E-state index in [1.54, 1.807) is 4.72 Å². The number of carbonyl (C=O) groups excluding carboxylic acids is 3. The van der Waals surface area contributed by atoms with E-state index in [-0.39, 0.29) is 9.92 Å². The molecule has 0 atom stereocenters. The summed E-state index contributed by atoms with van der Waals surface area (Å²) in [5.74, 6) is 0. The first kappa shape index (κ1) is 15.7. The molecule has 0 aliphatic rings. The van der Waals surface area contributed by atoms with Crippen LogP contribution in [0.3, 0.4) is 0 Å². The minimum Gasteiger partial charge on any atom is -0.351 e. The number of sulfonamides is 1. The van der Waals surface area contributed by atoms with Gasteiger partial charge < -0.3 is 5.73 Å². The summed E-state index contributed by atoms with van der Waals surface area (Å²) in [4.78, 5) is 32.2. The second kappa shape index (κ2) is 6.21. The number of amides is 6. The van der Waals surface area contributed by atoms with Crippen LogP contribution in [-0.2, 0) is 10.0 Å². The topological polar surface area (TPSA) is 147 Å². The number of imide groups is 2. The molecule has 1 rings (SSSR count). The summed E-state index contributed by atoms with van der Waals surface area (Å²) >= 11 is 5.68. The van der Waals surface area contributed by atoms with Gasteiger partial charge in [0.2, 0.25) is 0 Å². The first-order chi connectivity index (χ1) is 9.22. The molecule has 11 heteroatoms. The van der Waals surface area contributed by atoms with E-state index in [2.05, 4.69) is 5.73 Å². The van der Waals surface area contributed by atoms with Crippen LogP contribution < -0.4 is 21.1 Å². The summed E-state index contributed by atoms with van der Waals surface area (Å²) < 4.78 is 25.1. The van der Waals surface area contributed by atoms with Crippen LogP contribution >= 0.6 is 11.6 Å². The van der Waals surface area contributed by atoms with E-state index in [4.69, 9.17) is 11.6 Å². The fraction of sp³-hybridized carbons (Fsp3) is 0. The summed E-state index contributed by atoms with van der Waals surface area (Å²) in [5.41, 5.74) is 4.63. The Morgan fingerprint density at radius 1 is 1.05 bits per heavy atom. The lowest BCUT2D eigenvalue weighted by Gasteiger charge is -2.08. The van der Waals surface area contributed by atoms with Crippen LogP contribution in [0.25, 0.3) is 0 Å². The third-order valence-electron chi connectivity index (χ3n) is 1.82. The molecule has 0 spiro atoms. The summed E-state index contributed by atoms with van der Waals surface area (Å²) in [7, 11) is -4.25. The van der Waals surface area contributed by atoms with Crippen molar-refractivity contribution in [1.82, 2.24) is 15.4 Å². The zero-order valence-electron chi connectivity index (χ0n) is 9.71. The van der Waals surface area contributed by atoms with Crippen LogP contribution in [0.4, 0.5) is 14.4 Å². The third-order valence-corrected chi connectivity index (χ3v) is 3.65. The fourth-order valence-electron chi connectivity index (χ4n) is 1.11. The van der Waals surface area contributed by atoms with E-state index < -0.39 is 28.1 Å². The summed E-state index contributed by atoms with van der Waals surface area (Å²) in [5, 5.41) is 2.95. The lowest BCUT2D eigenvalue weighted by molar-refractivity contribution is 0.226. The second-order valence-corrected chi connectivity index (χ2v) is 5.37. The van der Waals surface area contributed by atoms with Crippen molar-refractivity contribution in [2.24, 2.45) is 5.73 Å². The molecule has 0 radical (unpaired) electrons. The van der Waals surface area contributed by atoms with Crippen LogP contribution in [0, 0.1) is 0 Å². The highest BCUT2D eigenvalue weighted by molar-refractivity contribution is 7.90. The quantitative estimate of drug-likeness (QED) is 0.610. The van der Waals surface area contributed by atoms with Crippen molar-refractivity contribution in [2.75, 3.05) is 0 Å². The van der Waals surface area contributed by atoms with Crippen molar-refractivity contribution in [2.45, 2.75) is 4.90 Å². The van der Waals surface area contributed by atoms with Crippen LogP contribution in [0.1, 0.15) is 0 Å². The van der Waals surface area contributed by atoms with Crippen molar-refractivity contribution in [3.63, 3.8) is 0 Å².